The van der Waals surface area contributed by atoms with E-state index < -0.39 is 6.36 Å². The Kier molecular flexibility index (Phi) is 5.84. The monoisotopic (exact) mass is 294 g/mol. The minimum absolute atomic E-state index is 0.293. The third kappa shape index (κ3) is 6.82. The summed E-state index contributed by atoms with van der Waals surface area (Å²) in [5.74, 6) is -0.308. The average Bonchev–Trinajstić information content (AvgIpc) is 2.27. The van der Waals surface area contributed by atoms with E-state index in [1.54, 1.807) is 13.2 Å². The van der Waals surface area contributed by atoms with E-state index in [9.17, 15) is 13.2 Å². The van der Waals surface area contributed by atoms with Crippen molar-refractivity contribution in [2.75, 3.05) is 25.6 Å². The van der Waals surface area contributed by atoms with Crippen LogP contribution in [-0.4, -0.2) is 31.7 Å². The summed E-state index contributed by atoms with van der Waals surface area (Å²) in [7, 11) is 1.55. The van der Waals surface area contributed by atoms with Crippen LogP contribution in [-0.2, 0) is 4.74 Å². The van der Waals surface area contributed by atoms with Gasteiger partial charge in [0.15, 0.2) is 5.11 Å². The van der Waals surface area contributed by atoms with Crippen molar-refractivity contribution < 1.29 is 22.6 Å². The van der Waals surface area contributed by atoms with E-state index in [-0.39, 0.29) is 5.75 Å². The molecule has 4 nitrogen and oxygen atoms in total. The number of hydrogen-bond acceptors (Lipinski definition) is 3. The van der Waals surface area contributed by atoms with Crippen LogP contribution in [0.1, 0.15) is 0 Å². The second-order valence-corrected chi connectivity index (χ2v) is 3.86. The normalized spacial score (nSPS) is 10.9. The Morgan fingerprint density at radius 3 is 2.74 bits per heavy atom. The first-order valence-corrected chi connectivity index (χ1v) is 5.71. The third-order valence-electron chi connectivity index (χ3n) is 1.92. The number of halogens is 3. The molecule has 0 aliphatic carbocycles. The lowest BCUT2D eigenvalue weighted by Gasteiger charge is -2.12. The maximum atomic E-state index is 12.0. The number of nitrogens with one attached hydrogen (secondary N) is 2. The van der Waals surface area contributed by atoms with Crippen LogP contribution in [0.25, 0.3) is 0 Å². The summed E-state index contributed by atoms with van der Waals surface area (Å²) < 4.78 is 44.8. The Morgan fingerprint density at radius 1 is 1.37 bits per heavy atom. The first-order chi connectivity index (χ1) is 8.90. The van der Waals surface area contributed by atoms with Crippen LogP contribution in [0.2, 0.25) is 0 Å². The molecular weight excluding hydrogens is 281 g/mol. The summed E-state index contributed by atoms with van der Waals surface area (Å²) in [5, 5.41) is 5.87. The highest BCUT2D eigenvalue weighted by atomic mass is 32.1. The summed E-state index contributed by atoms with van der Waals surface area (Å²) >= 11 is 4.96. The van der Waals surface area contributed by atoms with Gasteiger partial charge in [0.25, 0.3) is 0 Å². The Bertz CT molecular complexity index is 427. The minimum Gasteiger partial charge on any atom is -0.406 e. The first kappa shape index (κ1) is 15.5. The summed E-state index contributed by atoms with van der Waals surface area (Å²) in [5.41, 5.74) is 0.400. The fraction of sp³-hybridized carbons (Fsp3) is 0.364. The molecule has 106 valence electrons. The molecule has 1 aromatic rings. The fourth-order valence-electron chi connectivity index (χ4n) is 1.21. The highest BCUT2D eigenvalue weighted by Crippen LogP contribution is 2.24. The van der Waals surface area contributed by atoms with Crippen LogP contribution < -0.4 is 15.4 Å². The van der Waals surface area contributed by atoms with Crippen LogP contribution in [0.4, 0.5) is 18.9 Å². The molecule has 0 saturated heterocycles. The van der Waals surface area contributed by atoms with E-state index in [0.717, 1.165) is 0 Å². The molecule has 0 spiro atoms. The second-order valence-electron chi connectivity index (χ2n) is 3.45. The zero-order valence-electron chi connectivity index (χ0n) is 10.1. The largest absolute Gasteiger partial charge is 0.573 e. The molecule has 0 amide bonds. The maximum absolute atomic E-state index is 12.0. The number of thiocarbonyl (C=S) groups is 1. The van der Waals surface area contributed by atoms with E-state index in [2.05, 4.69) is 15.4 Å². The van der Waals surface area contributed by atoms with Crippen molar-refractivity contribution in [1.29, 1.82) is 0 Å². The van der Waals surface area contributed by atoms with E-state index in [0.29, 0.717) is 24.0 Å². The smallest absolute Gasteiger partial charge is 0.406 e. The molecule has 2 N–H and O–H groups in total. The molecule has 0 unspecified atom stereocenters. The van der Waals surface area contributed by atoms with Crippen LogP contribution in [0.5, 0.6) is 5.75 Å². The van der Waals surface area contributed by atoms with Crippen molar-refractivity contribution in [2.45, 2.75) is 6.36 Å². The molecule has 1 aromatic carbocycles. The van der Waals surface area contributed by atoms with E-state index in [1.807, 2.05) is 0 Å². The number of ether oxygens (including phenoxy) is 2. The summed E-state index contributed by atoms with van der Waals surface area (Å²) in [6.07, 6.45) is -4.71. The topological polar surface area (TPSA) is 42.5 Å². The van der Waals surface area contributed by atoms with Crippen molar-refractivity contribution in [3.63, 3.8) is 0 Å². The van der Waals surface area contributed by atoms with Crippen LogP contribution in [0, 0.1) is 0 Å². The number of rotatable bonds is 5. The predicted molar refractivity (Wildman–Crippen MR) is 69.2 cm³/mol. The van der Waals surface area contributed by atoms with Gasteiger partial charge in [-0.3, -0.25) is 0 Å². The molecular formula is C11H13F3N2O2S. The van der Waals surface area contributed by atoms with Gasteiger partial charge in [0.2, 0.25) is 0 Å². The molecule has 1 rings (SSSR count). The standard InChI is InChI=1S/C11H13F3N2O2S/c1-17-6-5-15-10(19)16-8-3-2-4-9(7-8)18-11(12,13)14/h2-4,7H,5-6H2,1H3,(H2,15,16,19). The summed E-state index contributed by atoms with van der Waals surface area (Å²) in [6, 6.07) is 5.42. The number of benzene rings is 1. The molecule has 0 radical (unpaired) electrons. The number of anilines is 1. The van der Waals surface area contributed by atoms with Crippen LogP contribution in [0.3, 0.4) is 0 Å². The molecule has 0 fully saturated rings. The predicted octanol–water partition coefficient (Wildman–Crippen LogP) is 2.52. The van der Waals surface area contributed by atoms with Gasteiger partial charge in [-0.15, -0.1) is 13.2 Å². The van der Waals surface area contributed by atoms with Gasteiger partial charge in [0.05, 0.1) is 6.61 Å². The molecule has 0 aromatic heterocycles. The maximum Gasteiger partial charge on any atom is 0.573 e. The molecule has 0 aliphatic rings. The van der Waals surface area contributed by atoms with E-state index in [1.165, 1.54) is 18.2 Å². The van der Waals surface area contributed by atoms with Crippen LogP contribution >= 0.6 is 12.2 Å². The molecule has 0 bridgehead atoms. The highest BCUT2D eigenvalue weighted by molar-refractivity contribution is 7.80. The second kappa shape index (κ2) is 7.15. The molecule has 0 atom stereocenters. The molecule has 0 heterocycles. The third-order valence-corrected chi connectivity index (χ3v) is 2.16. The minimum atomic E-state index is -4.71. The van der Waals surface area contributed by atoms with E-state index in [4.69, 9.17) is 17.0 Å². The first-order valence-electron chi connectivity index (χ1n) is 5.30. The van der Waals surface area contributed by atoms with Crippen molar-refractivity contribution in [3.8, 4) is 5.75 Å². The number of alkyl halides is 3. The quantitative estimate of drug-likeness (QED) is 0.645. The lowest BCUT2D eigenvalue weighted by atomic mass is 10.3. The fourth-order valence-corrected chi connectivity index (χ4v) is 1.43. The highest BCUT2D eigenvalue weighted by Gasteiger charge is 2.31. The van der Waals surface area contributed by atoms with Gasteiger partial charge < -0.3 is 20.1 Å². The van der Waals surface area contributed by atoms with Gasteiger partial charge in [0.1, 0.15) is 5.75 Å². The Labute approximate surface area is 113 Å². The lowest BCUT2D eigenvalue weighted by molar-refractivity contribution is -0.274. The van der Waals surface area contributed by atoms with Crippen molar-refractivity contribution >= 4 is 23.0 Å². The van der Waals surface area contributed by atoms with Gasteiger partial charge in [0, 0.05) is 25.4 Å². The van der Waals surface area contributed by atoms with Gasteiger partial charge in [-0.05, 0) is 24.4 Å². The van der Waals surface area contributed by atoms with Gasteiger partial charge in [-0.2, -0.15) is 0 Å². The van der Waals surface area contributed by atoms with Gasteiger partial charge >= 0.3 is 6.36 Å². The summed E-state index contributed by atoms with van der Waals surface area (Å²) in [4.78, 5) is 0. The Morgan fingerprint density at radius 2 is 2.11 bits per heavy atom. The lowest BCUT2D eigenvalue weighted by Crippen LogP contribution is -2.31. The van der Waals surface area contributed by atoms with Crippen molar-refractivity contribution in [3.05, 3.63) is 24.3 Å². The Balaban J connectivity index is 2.54. The number of methoxy groups -OCH3 is 1. The van der Waals surface area contributed by atoms with Crippen LogP contribution in [0.15, 0.2) is 24.3 Å². The average molecular weight is 294 g/mol. The number of hydrogen-bond donors (Lipinski definition) is 2. The molecule has 8 heteroatoms. The van der Waals surface area contributed by atoms with Gasteiger partial charge in [-0.25, -0.2) is 0 Å². The zero-order valence-corrected chi connectivity index (χ0v) is 10.9. The van der Waals surface area contributed by atoms with Gasteiger partial charge in [-0.1, -0.05) is 6.07 Å². The van der Waals surface area contributed by atoms with E-state index >= 15 is 0 Å². The summed E-state index contributed by atoms with van der Waals surface area (Å²) in [6.45, 7) is 0.972. The Hall–Kier alpha value is -1.54. The SMILES string of the molecule is COCCNC(=S)Nc1cccc(OC(F)(F)F)c1. The van der Waals surface area contributed by atoms with Crippen molar-refractivity contribution in [1.82, 2.24) is 5.32 Å². The molecule has 0 aliphatic heterocycles. The molecule has 0 saturated carbocycles. The zero-order chi connectivity index (χ0) is 14.3. The molecule has 19 heavy (non-hydrogen) atoms. The van der Waals surface area contributed by atoms with Crippen molar-refractivity contribution in [2.24, 2.45) is 0 Å².